The zero-order chi connectivity index (χ0) is 16.0. The Morgan fingerprint density at radius 1 is 1.22 bits per heavy atom. The van der Waals surface area contributed by atoms with Gasteiger partial charge in [0, 0.05) is 5.69 Å². The fraction of sp³-hybridized carbons (Fsp3) is 0. The van der Waals surface area contributed by atoms with Crippen LogP contribution in [0.3, 0.4) is 0 Å². The van der Waals surface area contributed by atoms with Crippen molar-refractivity contribution in [3.63, 3.8) is 0 Å². The highest BCUT2D eigenvalue weighted by Crippen LogP contribution is 2.26. The van der Waals surface area contributed by atoms with Crippen LogP contribution in [-0.2, 0) is 0 Å². The van der Waals surface area contributed by atoms with E-state index in [2.05, 4.69) is 25.3 Å². The summed E-state index contributed by atoms with van der Waals surface area (Å²) in [5.41, 5.74) is 1.99. The molecular weight excluding hydrogens is 318 g/mol. The topological polar surface area (TPSA) is 124 Å². The van der Waals surface area contributed by atoms with E-state index in [0.29, 0.717) is 16.9 Å². The van der Waals surface area contributed by atoms with Gasteiger partial charge in [0.05, 0.1) is 15.6 Å². The highest BCUT2D eigenvalue weighted by molar-refractivity contribution is 7.16. The lowest BCUT2D eigenvalue weighted by atomic mass is 10.3. The summed E-state index contributed by atoms with van der Waals surface area (Å²) in [5.74, 6) is -0.576. The summed E-state index contributed by atoms with van der Waals surface area (Å²) in [6.45, 7) is 0. The minimum Gasteiger partial charge on any atom is -0.477 e. The number of fused-ring (bicyclic) bond motifs is 2. The van der Waals surface area contributed by atoms with Gasteiger partial charge in [-0.25, -0.2) is 14.8 Å². The molecule has 0 radical (unpaired) electrons. The normalized spacial score (nSPS) is 11.1. The first kappa shape index (κ1) is 13.5. The molecule has 0 bridgehead atoms. The Labute approximate surface area is 131 Å². The van der Waals surface area contributed by atoms with E-state index in [-0.39, 0.29) is 10.6 Å². The maximum absolute atomic E-state index is 11.4. The van der Waals surface area contributed by atoms with Gasteiger partial charge in [-0.05, 0) is 24.3 Å². The third-order valence-corrected chi connectivity index (χ3v) is 4.18. The van der Waals surface area contributed by atoms with Crippen molar-refractivity contribution in [2.24, 2.45) is 0 Å². The zero-order valence-electron chi connectivity index (χ0n) is 11.5. The molecule has 8 nitrogen and oxygen atoms in total. The van der Waals surface area contributed by atoms with Crippen LogP contribution in [0.15, 0.2) is 35.4 Å². The van der Waals surface area contributed by atoms with E-state index in [1.807, 2.05) is 12.1 Å². The summed E-state index contributed by atoms with van der Waals surface area (Å²) in [6.07, 6.45) is 1.35. The Morgan fingerprint density at radius 2 is 2.09 bits per heavy atom. The minimum absolute atomic E-state index is 0.0443. The van der Waals surface area contributed by atoms with Gasteiger partial charge in [0.25, 0.3) is 0 Å². The molecule has 1 aromatic carbocycles. The van der Waals surface area contributed by atoms with Gasteiger partial charge in [0.1, 0.15) is 23.5 Å². The summed E-state index contributed by atoms with van der Waals surface area (Å²) in [6, 6.07) is 6.92. The zero-order valence-corrected chi connectivity index (χ0v) is 12.3. The molecule has 0 spiro atoms. The number of hydrogen-bond acceptors (Lipinski definition) is 6. The van der Waals surface area contributed by atoms with E-state index < -0.39 is 5.97 Å². The molecule has 0 atom stereocenters. The fourth-order valence-electron chi connectivity index (χ4n) is 2.31. The van der Waals surface area contributed by atoms with Crippen LogP contribution in [0.5, 0.6) is 0 Å². The Balaban J connectivity index is 1.78. The molecule has 3 aromatic heterocycles. The molecule has 114 valence electrons. The predicted molar refractivity (Wildman–Crippen MR) is 86.6 cm³/mol. The van der Waals surface area contributed by atoms with Crippen molar-refractivity contribution in [2.75, 3.05) is 5.32 Å². The van der Waals surface area contributed by atoms with Crippen molar-refractivity contribution in [3.8, 4) is 0 Å². The summed E-state index contributed by atoms with van der Waals surface area (Å²) >= 11 is 1.12. The van der Waals surface area contributed by atoms with Gasteiger partial charge in [-0.15, -0.1) is 0 Å². The molecule has 0 aliphatic carbocycles. The molecule has 0 unspecified atom stereocenters. The largest absolute Gasteiger partial charge is 0.477 e. The van der Waals surface area contributed by atoms with E-state index in [1.54, 1.807) is 6.07 Å². The van der Waals surface area contributed by atoms with E-state index in [9.17, 15) is 9.59 Å². The highest BCUT2D eigenvalue weighted by Gasteiger charge is 2.12. The number of hydrogen-bond donors (Lipinski definition) is 4. The van der Waals surface area contributed by atoms with Gasteiger partial charge in [-0.3, -0.25) is 4.79 Å². The molecule has 3 heterocycles. The Hall–Kier alpha value is -3.20. The molecule has 4 aromatic rings. The van der Waals surface area contributed by atoms with Crippen molar-refractivity contribution >= 4 is 50.1 Å². The number of benzene rings is 1. The van der Waals surface area contributed by atoms with Crippen LogP contribution >= 0.6 is 11.3 Å². The highest BCUT2D eigenvalue weighted by atomic mass is 32.1. The van der Waals surface area contributed by atoms with Crippen LogP contribution in [0.2, 0.25) is 0 Å². The molecule has 0 aliphatic heterocycles. The second-order valence-electron chi connectivity index (χ2n) is 4.82. The van der Waals surface area contributed by atoms with E-state index in [4.69, 9.17) is 5.11 Å². The Bertz CT molecular complexity index is 1110. The van der Waals surface area contributed by atoms with Crippen molar-refractivity contribution in [1.82, 2.24) is 19.9 Å². The lowest BCUT2D eigenvalue weighted by Crippen LogP contribution is -1.95. The van der Waals surface area contributed by atoms with Gasteiger partial charge in [-0.2, -0.15) is 0 Å². The summed E-state index contributed by atoms with van der Waals surface area (Å²) in [5, 5.41) is 12.8. The molecule has 9 heteroatoms. The summed E-state index contributed by atoms with van der Waals surface area (Å²) < 4.78 is 0.825. The number of H-pyrrole nitrogens is 2. The van der Waals surface area contributed by atoms with Crippen LogP contribution in [0.1, 0.15) is 10.5 Å². The second kappa shape index (κ2) is 4.92. The number of aromatic nitrogens is 4. The number of anilines is 2. The molecule has 4 rings (SSSR count). The van der Waals surface area contributed by atoms with Crippen molar-refractivity contribution in [1.29, 1.82) is 0 Å². The van der Waals surface area contributed by atoms with E-state index in [0.717, 1.165) is 27.2 Å². The molecule has 0 saturated carbocycles. The molecule has 0 saturated heterocycles. The Kier molecular flexibility index (Phi) is 2.88. The average molecular weight is 327 g/mol. The summed E-state index contributed by atoms with van der Waals surface area (Å²) in [4.78, 5) is 35.9. The van der Waals surface area contributed by atoms with Crippen molar-refractivity contribution < 1.29 is 9.90 Å². The number of carbonyl (C=O) groups is 1. The number of carboxylic acids is 1. The Morgan fingerprint density at radius 3 is 2.91 bits per heavy atom. The third kappa shape index (κ3) is 2.32. The number of carboxylic acid groups (broad SMARTS) is 1. The molecule has 0 aliphatic rings. The first-order valence-electron chi connectivity index (χ1n) is 6.57. The number of thiazole rings is 1. The van der Waals surface area contributed by atoms with Gasteiger partial charge in [0.15, 0.2) is 0 Å². The quantitative estimate of drug-likeness (QED) is 0.458. The maximum atomic E-state index is 11.4. The third-order valence-electron chi connectivity index (χ3n) is 3.34. The fourth-order valence-corrected chi connectivity index (χ4v) is 3.09. The first-order valence-corrected chi connectivity index (χ1v) is 7.39. The minimum atomic E-state index is -1.06. The lowest BCUT2D eigenvalue weighted by molar-refractivity contribution is 0.0691. The molecule has 4 N–H and O–H groups in total. The molecule has 23 heavy (non-hydrogen) atoms. The SMILES string of the molecule is O=C(O)c1cc2c(Nc3ccc4[nH]c(=O)sc4c3)ncnc2[nH]1. The van der Waals surface area contributed by atoms with Crippen LogP contribution in [-0.4, -0.2) is 31.0 Å². The van der Waals surface area contributed by atoms with Crippen molar-refractivity contribution in [3.05, 3.63) is 46.0 Å². The van der Waals surface area contributed by atoms with Gasteiger partial charge in [0.2, 0.25) is 0 Å². The standard InChI is InChI=1S/C14H9N5O3S/c20-13(21)9-4-7-11(15-5-16-12(7)18-9)17-6-1-2-8-10(3-6)23-14(22)19-8/h1-5H,(H,19,22)(H,20,21)(H2,15,16,17,18). The molecule has 0 fully saturated rings. The number of aromatic amines is 2. The maximum Gasteiger partial charge on any atom is 0.352 e. The smallest absolute Gasteiger partial charge is 0.352 e. The summed E-state index contributed by atoms with van der Waals surface area (Å²) in [7, 11) is 0. The first-order chi connectivity index (χ1) is 11.1. The second-order valence-corrected chi connectivity index (χ2v) is 5.84. The number of rotatable bonds is 3. The van der Waals surface area contributed by atoms with Crippen LogP contribution in [0, 0.1) is 0 Å². The van der Waals surface area contributed by atoms with Crippen LogP contribution in [0.4, 0.5) is 11.5 Å². The van der Waals surface area contributed by atoms with Gasteiger partial charge < -0.3 is 20.4 Å². The van der Waals surface area contributed by atoms with Crippen LogP contribution < -0.4 is 10.2 Å². The molecular formula is C14H9N5O3S. The number of nitrogens with zero attached hydrogens (tertiary/aromatic N) is 2. The van der Waals surface area contributed by atoms with E-state index in [1.165, 1.54) is 12.4 Å². The van der Waals surface area contributed by atoms with Crippen molar-refractivity contribution in [2.45, 2.75) is 0 Å². The van der Waals surface area contributed by atoms with E-state index >= 15 is 0 Å². The number of nitrogens with one attached hydrogen (secondary N) is 3. The monoisotopic (exact) mass is 327 g/mol. The molecule has 0 amide bonds. The average Bonchev–Trinajstić information content (AvgIpc) is 3.10. The van der Waals surface area contributed by atoms with Gasteiger partial charge >= 0.3 is 10.8 Å². The predicted octanol–water partition coefficient (Wildman–Crippen LogP) is 2.30. The van der Waals surface area contributed by atoms with Gasteiger partial charge in [-0.1, -0.05) is 11.3 Å². The number of aromatic carboxylic acids is 1. The van der Waals surface area contributed by atoms with Crippen LogP contribution in [0.25, 0.3) is 21.3 Å². The lowest BCUT2D eigenvalue weighted by Gasteiger charge is -2.06.